The fourth-order valence-corrected chi connectivity index (χ4v) is 6.11. The molecule has 2 heterocycles. The number of esters is 1. The van der Waals surface area contributed by atoms with Crippen LogP contribution in [0.2, 0.25) is 0 Å². The number of non-ortho nitro benzene ring substituents is 1. The summed E-state index contributed by atoms with van der Waals surface area (Å²) in [7, 11) is -0.797. The van der Waals surface area contributed by atoms with Gasteiger partial charge in [-0.2, -0.15) is 8.78 Å². The summed E-state index contributed by atoms with van der Waals surface area (Å²) in [5, 5.41) is 23.9. The normalized spacial score (nSPS) is 22.8. The summed E-state index contributed by atoms with van der Waals surface area (Å²) in [4.78, 5) is 30.0. The predicted molar refractivity (Wildman–Crippen MR) is 171 cm³/mol. The van der Waals surface area contributed by atoms with Gasteiger partial charge in [-0.1, -0.05) is 18.7 Å². The van der Waals surface area contributed by atoms with Crippen LogP contribution in [0.5, 0.6) is 0 Å². The summed E-state index contributed by atoms with van der Waals surface area (Å²) in [6.45, 7) is 5.34. The summed E-state index contributed by atoms with van der Waals surface area (Å²) >= 11 is 0. The molecule has 1 saturated heterocycles. The molecule has 2 aliphatic rings. The number of anilines is 1. The average Bonchev–Trinajstić information content (AvgIpc) is 3.26. The van der Waals surface area contributed by atoms with E-state index in [2.05, 4.69) is 16.7 Å². The average molecular weight is 695 g/mol. The number of halogens is 2. The summed E-state index contributed by atoms with van der Waals surface area (Å²) in [5.74, 6) is -4.85. The molecule has 0 bridgehead atoms. The number of ether oxygens (including phenoxy) is 2. The van der Waals surface area contributed by atoms with Gasteiger partial charge in [-0.25, -0.2) is 14.6 Å². The van der Waals surface area contributed by atoms with E-state index in [1.165, 1.54) is 50.4 Å². The number of nitro groups is 1. The van der Waals surface area contributed by atoms with Crippen molar-refractivity contribution in [2.45, 2.75) is 57.0 Å². The second-order valence-electron chi connectivity index (χ2n) is 11.2. The van der Waals surface area contributed by atoms with Gasteiger partial charge in [0.25, 0.3) is 5.69 Å². The summed E-state index contributed by atoms with van der Waals surface area (Å²) in [6.07, 6.45) is -4.55. The van der Waals surface area contributed by atoms with Crippen molar-refractivity contribution in [1.29, 1.82) is 0 Å². The molecule has 18 heteroatoms. The smallest absolute Gasteiger partial charge is 0.406 e. The molecule has 260 valence electrons. The van der Waals surface area contributed by atoms with Gasteiger partial charge >= 0.3 is 19.6 Å². The molecule has 4 N–H and O–H groups in total. The standard InChI is InChI=1S/C30H37F2N6O9P/c1-18(28(40)46-19(2)22-8-12-24(13-9-22)38(41)42)35-48(43,44-16-21-6-10-23(11-7-21)36(4)5)45-17-25-27(39)30(31,32)29(47-25)37-15-14-26(33)34-20(37)3/h6-15,18-19,25,27,29,39H,3,16-17H2,1-2,4-5H3,(H2,33,34)(H,35,43)/t18-,19?,25+,27-,29+,48?/m0/s1. The van der Waals surface area contributed by atoms with Crippen LogP contribution in [0.25, 0.3) is 0 Å². The predicted octanol–water partition coefficient (Wildman–Crippen LogP) is 3.96. The van der Waals surface area contributed by atoms with Crippen LogP contribution in [0.1, 0.15) is 31.1 Å². The number of alkyl halides is 2. The number of aliphatic imine (C=N–C) groups is 1. The Balaban J connectivity index is 1.47. The number of aliphatic hydroxyl groups excluding tert-OH is 1. The van der Waals surface area contributed by atoms with Crippen LogP contribution >= 0.6 is 7.75 Å². The third-order valence-corrected chi connectivity index (χ3v) is 9.09. The van der Waals surface area contributed by atoms with Gasteiger partial charge in [-0.15, -0.1) is 0 Å². The van der Waals surface area contributed by atoms with Crippen molar-refractivity contribution < 1.29 is 46.7 Å². The van der Waals surface area contributed by atoms with Crippen molar-refractivity contribution in [3.8, 4) is 0 Å². The maximum absolute atomic E-state index is 15.2. The molecule has 4 rings (SSSR count). The Hall–Kier alpha value is -4.25. The van der Waals surface area contributed by atoms with Crippen LogP contribution in [-0.2, 0) is 34.5 Å². The van der Waals surface area contributed by atoms with Crippen molar-refractivity contribution in [3.05, 3.63) is 94.4 Å². The van der Waals surface area contributed by atoms with Crippen LogP contribution in [0.4, 0.5) is 20.2 Å². The maximum Gasteiger partial charge on any atom is 0.406 e. The lowest BCUT2D eigenvalue weighted by Gasteiger charge is -2.31. The molecule has 0 aromatic heterocycles. The van der Waals surface area contributed by atoms with E-state index in [1.54, 1.807) is 24.3 Å². The fraction of sp³-hybridized carbons (Fsp3) is 0.400. The van der Waals surface area contributed by atoms with E-state index < -0.39 is 61.8 Å². The fourth-order valence-electron chi connectivity index (χ4n) is 4.64. The van der Waals surface area contributed by atoms with Gasteiger partial charge in [0.05, 0.1) is 18.1 Å². The van der Waals surface area contributed by atoms with Gasteiger partial charge < -0.3 is 30.1 Å². The molecule has 0 amide bonds. The minimum absolute atomic E-state index is 0.0355. The molecule has 0 radical (unpaired) electrons. The zero-order chi connectivity index (χ0) is 35.4. The second-order valence-corrected chi connectivity index (χ2v) is 13.0. The molecule has 2 aromatic rings. The Morgan fingerprint density at radius 3 is 2.46 bits per heavy atom. The number of hydrogen-bond acceptors (Lipinski definition) is 13. The first-order valence-electron chi connectivity index (χ1n) is 14.6. The monoisotopic (exact) mass is 694 g/mol. The highest BCUT2D eigenvalue weighted by Gasteiger charge is 2.61. The van der Waals surface area contributed by atoms with E-state index in [0.29, 0.717) is 11.1 Å². The largest absolute Gasteiger partial charge is 0.457 e. The third-order valence-electron chi connectivity index (χ3n) is 7.43. The summed E-state index contributed by atoms with van der Waals surface area (Å²) in [6, 6.07) is 11.1. The molecule has 2 aliphatic heterocycles. The Morgan fingerprint density at radius 1 is 1.23 bits per heavy atom. The lowest BCUT2D eigenvalue weighted by Crippen LogP contribution is -2.47. The summed E-state index contributed by atoms with van der Waals surface area (Å²) in [5.41, 5.74) is 7.37. The van der Waals surface area contributed by atoms with E-state index in [0.717, 1.165) is 10.6 Å². The number of nitrogens with zero attached hydrogens (tertiary/aromatic N) is 4. The number of carbonyl (C=O) groups is 1. The van der Waals surface area contributed by atoms with E-state index in [9.17, 15) is 24.6 Å². The SMILES string of the molecule is C=C1N=C(N)C=CN1[C@@H]1O[C@H](COP(=O)(N[C@@H](C)C(=O)OC(C)c2ccc([N+](=O)[O-])cc2)OCc2ccc(N(C)C)cc2)[C@H](O)C1(F)F. The van der Waals surface area contributed by atoms with Gasteiger partial charge in [0.1, 0.15) is 29.9 Å². The van der Waals surface area contributed by atoms with Gasteiger partial charge in [0, 0.05) is 38.1 Å². The van der Waals surface area contributed by atoms with E-state index in [1.807, 2.05) is 19.0 Å². The van der Waals surface area contributed by atoms with Gasteiger partial charge in [-0.3, -0.25) is 24.0 Å². The van der Waals surface area contributed by atoms with Crippen molar-refractivity contribution in [3.63, 3.8) is 0 Å². The Bertz CT molecular complexity index is 1610. The number of aliphatic hydroxyl groups is 1. The Kier molecular flexibility index (Phi) is 11.3. The zero-order valence-electron chi connectivity index (χ0n) is 26.6. The van der Waals surface area contributed by atoms with Crippen molar-refractivity contribution >= 4 is 30.9 Å². The number of benzene rings is 2. The Morgan fingerprint density at radius 2 is 1.88 bits per heavy atom. The first-order chi connectivity index (χ1) is 22.5. The number of rotatable bonds is 14. The van der Waals surface area contributed by atoms with Crippen LogP contribution in [0, 0.1) is 10.1 Å². The second kappa shape index (κ2) is 14.9. The highest BCUT2D eigenvalue weighted by molar-refractivity contribution is 7.51. The lowest BCUT2D eigenvalue weighted by molar-refractivity contribution is -0.384. The van der Waals surface area contributed by atoms with Gasteiger partial charge in [0.15, 0.2) is 6.10 Å². The van der Waals surface area contributed by atoms with Crippen LogP contribution in [0.15, 0.2) is 78.2 Å². The van der Waals surface area contributed by atoms with E-state index in [4.69, 9.17) is 24.3 Å². The molecule has 6 atom stereocenters. The van der Waals surface area contributed by atoms with E-state index in [-0.39, 0.29) is 24.0 Å². The molecule has 15 nitrogen and oxygen atoms in total. The topological polar surface area (TPSA) is 191 Å². The first kappa shape index (κ1) is 36.6. The maximum atomic E-state index is 15.2. The van der Waals surface area contributed by atoms with Gasteiger partial charge in [0.2, 0.25) is 6.23 Å². The van der Waals surface area contributed by atoms with Crippen molar-refractivity contribution in [1.82, 2.24) is 9.99 Å². The molecule has 0 spiro atoms. The highest BCUT2D eigenvalue weighted by atomic mass is 31.2. The molecule has 2 aromatic carbocycles. The molecular weight excluding hydrogens is 657 g/mol. The van der Waals surface area contributed by atoms with Crippen LogP contribution in [-0.4, -0.2) is 77.8 Å². The number of amidine groups is 1. The van der Waals surface area contributed by atoms with Gasteiger partial charge in [-0.05, 0) is 55.3 Å². The molecule has 0 saturated carbocycles. The van der Waals surface area contributed by atoms with Crippen LogP contribution < -0.4 is 15.7 Å². The number of hydrogen-bond donors (Lipinski definition) is 3. The van der Waals surface area contributed by atoms with Crippen molar-refractivity contribution in [2.24, 2.45) is 10.7 Å². The molecule has 48 heavy (non-hydrogen) atoms. The minimum atomic E-state index is -4.51. The third kappa shape index (κ3) is 8.61. The Labute approximate surface area is 275 Å². The minimum Gasteiger partial charge on any atom is -0.457 e. The van der Waals surface area contributed by atoms with Crippen molar-refractivity contribution in [2.75, 3.05) is 25.6 Å². The summed E-state index contributed by atoms with van der Waals surface area (Å²) < 4.78 is 66.4. The molecular formula is C30H37F2N6O9P. The molecule has 2 unspecified atom stereocenters. The molecule has 1 fully saturated rings. The quantitative estimate of drug-likeness (QED) is 0.112. The molecule has 0 aliphatic carbocycles. The zero-order valence-corrected chi connectivity index (χ0v) is 27.5. The first-order valence-corrected chi connectivity index (χ1v) is 16.1. The number of nitrogens with two attached hydrogens (primary N) is 1. The number of nitro benzene ring substituents is 1. The van der Waals surface area contributed by atoms with E-state index >= 15 is 8.78 Å². The lowest BCUT2D eigenvalue weighted by atomic mass is 10.1. The highest BCUT2D eigenvalue weighted by Crippen LogP contribution is 2.47. The number of nitrogens with one attached hydrogen (secondary N) is 1. The number of carbonyl (C=O) groups excluding carboxylic acids is 1. The van der Waals surface area contributed by atoms with Crippen LogP contribution in [0.3, 0.4) is 0 Å².